The molecule has 8 rings (SSSR count). The molecule has 1 saturated carbocycles. The molecule has 0 bridgehead atoms. The molecule has 267 valence electrons. The summed E-state index contributed by atoms with van der Waals surface area (Å²) in [6, 6.07) is 38.5. The van der Waals surface area contributed by atoms with Crippen LogP contribution in [-0.4, -0.2) is 18.0 Å². The van der Waals surface area contributed by atoms with Crippen molar-refractivity contribution in [2.45, 2.75) is 78.9 Å². The molecule has 0 amide bonds. The molecule has 0 saturated heterocycles. The maximum Gasteiger partial charge on any atom is 0.121 e. The van der Waals surface area contributed by atoms with Gasteiger partial charge >= 0.3 is 0 Å². The van der Waals surface area contributed by atoms with Crippen molar-refractivity contribution in [3.05, 3.63) is 138 Å². The van der Waals surface area contributed by atoms with Gasteiger partial charge in [-0.15, -0.1) is 54.1 Å². The Kier molecular flexibility index (Phi) is 11.7. The first-order valence-corrected chi connectivity index (χ1v) is 22.0. The number of benzene rings is 4. The van der Waals surface area contributed by atoms with Gasteiger partial charge in [0.05, 0.1) is 13.7 Å². The Balaban J connectivity index is 0.000000230. The van der Waals surface area contributed by atoms with E-state index in [0.717, 1.165) is 56.8 Å². The molecular weight excluding hydrogens is 829 g/mol. The minimum atomic E-state index is -1.23. The third kappa shape index (κ3) is 8.39. The van der Waals surface area contributed by atoms with Crippen LogP contribution < -0.4 is 5.19 Å². The van der Waals surface area contributed by atoms with Crippen molar-refractivity contribution in [3.63, 3.8) is 0 Å². The number of aromatic nitrogens is 2. The number of hydrogen-bond donors (Lipinski definition) is 0. The van der Waals surface area contributed by atoms with E-state index in [1.807, 2.05) is 42.7 Å². The van der Waals surface area contributed by atoms with Gasteiger partial charge in [0.1, 0.15) is 5.58 Å². The van der Waals surface area contributed by atoms with E-state index in [1.165, 1.54) is 70.7 Å². The van der Waals surface area contributed by atoms with E-state index in [4.69, 9.17) is 9.40 Å². The van der Waals surface area contributed by atoms with Crippen LogP contribution in [0.2, 0.25) is 19.6 Å². The predicted octanol–water partition coefficient (Wildman–Crippen LogP) is 12.3. The van der Waals surface area contributed by atoms with Gasteiger partial charge in [0, 0.05) is 37.9 Å². The molecule has 3 nitrogen and oxygen atoms in total. The third-order valence-corrected chi connectivity index (χ3v) is 12.4. The smallest absolute Gasteiger partial charge is 0.121 e. The topological polar surface area (TPSA) is 38.9 Å². The second-order valence-corrected chi connectivity index (χ2v) is 20.5. The van der Waals surface area contributed by atoms with Gasteiger partial charge in [-0.3, -0.25) is 0 Å². The Morgan fingerprint density at radius 3 is 2.23 bits per heavy atom. The Hall–Kier alpha value is -4.15. The molecule has 0 N–H and O–H groups in total. The quantitative estimate of drug-likeness (QED) is 0.123. The van der Waals surface area contributed by atoms with Crippen LogP contribution in [0, 0.1) is 38.8 Å². The van der Waals surface area contributed by atoms with Crippen LogP contribution in [0.3, 0.4) is 0 Å². The molecule has 0 aliphatic heterocycles. The van der Waals surface area contributed by atoms with Crippen molar-refractivity contribution in [1.29, 1.82) is 0 Å². The number of fused-ring (bicyclic) bond motifs is 3. The minimum Gasteiger partial charge on any atom is -0.501 e. The van der Waals surface area contributed by atoms with Crippen LogP contribution >= 0.6 is 0 Å². The van der Waals surface area contributed by atoms with Crippen LogP contribution in [-0.2, 0) is 26.5 Å². The maximum absolute atomic E-state index is 6.52. The summed E-state index contributed by atoms with van der Waals surface area (Å²) in [5, 5.41) is 3.66. The van der Waals surface area contributed by atoms with E-state index in [0.29, 0.717) is 0 Å². The number of pyridine rings is 2. The Labute approximate surface area is 324 Å². The molecule has 5 heteroatoms. The summed E-state index contributed by atoms with van der Waals surface area (Å²) < 4.78 is 6.52. The van der Waals surface area contributed by atoms with E-state index < -0.39 is 8.07 Å². The summed E-state index contributed by atoms with van der Waals surface area (Å²) in [5.74, 6) is 0.803. The van der Waals surface area contributed by atoms with E-state index in [1.54, 1.807) is 0 Å². The Morgan fingerprint density at radius 2 is 1.54 bits per heavy atom. The largest absolute Gasteiger partial charge is 0.501 e. The summed E-state index contributed by atoms with van der Waals surface area (Å²) >= 11 is 0. The zero-order chi connectivity index (χ0) is 35.5. The summed E-state index contributed by atoms with van der Waals surface area (Å²) in [4.78, 5) is 9.25. The van der Waals surface area contributed by atoms with Crippen molar-refractivity contribution in [2.75, 3.05) is 0 Å². The first-order valence-electron chi connectivity index (χ1n) is 18.5. The molecule has 1 radical (unpaired) electrons. The molecule has 0 spiro atoms. The average molecular weight is 877 g/mol. The predicted molar refractivity (Wildman–Crippen MR) is 217 cm³/mol. The van der Waals surface area contributed by atoms with E-state index in [9.17, 15) is 0 Å². The Morgan fingerprint density at radius 1 is 0.750 bits per heavy atom. The second kappa shape index (κ2) is 16.2. The van der Waals surface area contributed by atoms with Crippen LogP contribution in [0.1, 0.15) is 54.4 Å². The molecule has 1 fully saturated rings. The number of nitrogens with zero attached hydrogens (tertiary/aromatic N) is 2. The van der Waals surface area contributed by atoms with Crippen molar-refractivity contribution in [1.82, 2.24) is 9.97 Å². The van der Waals surface area contributed by atoms with Crippen LogP contribution in [0.15, 0.2) is 108 Å². The van der Waals surface area contributed by atoms with E-state index in [-0.39, 0.29) is 20.1 Å². The molecule has 0 unspecified atom stereocenters. The monoisotopic (exact) mass is 877 g/mol. The van der Waals surface area contributed by atoms with Gasteiger partial charge in [-0.05, 0) is 84.1 Å². The molecule has 7 aromatic rings. The van der Waals surface area contributed by atoms with Gasteiger partial charge in [0.25, 0.3) is 0 Å². The molecule has 52 heavy (non-hydrogen) atoms. The van der Waals surface area contributed by atoms with Crippen LogP contribution in [0.5, 0.6) is 0 Å². The van der Waals surface area contributed by atoms with Gasteiger partial charge < -0.3 is 14.4 Å². The fraction of sp³-hybridized carbons (Fsp3) is 0.277. The molecule has 3 heterocycles. The summed E-state index contributed by atoms with van der Waals surface area (Å²) in [5.41, 5.74) is 13.5. The first kappa shape index (κ1) is 37.6. The van der Waals surface area contributed by atoms with Crippen LogP contribution in [0.4, 0.5) is 0 Å². The minimum absolute atomic E-state index is 0. The Bertz CT molecular complexity index is 2260. The van der Waals surface area contributed by atoms with Crippen molar-refractivity contribution in [2.24, 2.45) is 5.92 Å². The number of furan rings is 1. The van der Waals surface area contributed by atoms with E-state index in [2.05, 4.69) is 118 Å². The zero-order valence-corrected chi connectivity index (χ0v) is 34.7. The SMILES string of the molecule is C[Si](C)(C)c1ccc(-c2[c-]cccc2)nc1.Cc1cc(C)c(-c2ccc3c(c2)oc2c(-c4cc(CC5CCCCC5)ccn4)[c-]ccc23)c(C)c1.[Ir]. The maximum atomic E-state index is 6.52. The molecule has 0 atom stereocenters. The standard InChI is InChI=1S/C33H32NO.C14H16NSi.Ir/c1-21-16-22(2)32(23(3)17-21)26-12-13-27-28-10-7-11-29(33(28)35-31(27)20-26)30-19-25(14-15-34-30)18-24-8-5-4-6-9-24;1-16(2,3)13-9-10-14(15-11-13)12-7-5-4-6-8-12;/h7,10,12-17,19-20,24H,4-6,8-9,18H2,1-3H3;4-7,9-11H,1-3H3;/q2*-1;. The zero-order valence-electron chi connectivity index (χ0n) is 31.3. The normalized spacial score (nSPS) is 13.4. The second-order valence-electron chi connectivity index (χ2n) is 15.4. The van der Waals surface area contributed by atoms with Crippen molar-refractivity contribution in [3.8, 4) is 33.6 Å². The number of aryl methyl sites for hydroxylation is 3. The molecular formula is C47H48IrN2OSi-2. The van der Waals surface area contributed by atoms with Crippen molar-refractivity contribution < 1.29 is 24.5 Å². The van der Waals surface area contributed by atoms with E-state index >= 15 is 0 Å². The summed E-state index contributed by atoms with van der Waals surface area (Å²) in [6.07, 6.45) is 12.0. The number of hydrogen-bond acceptors (Lipinski definition) is 3. The first-order chi connectivity index (χ1) is 24.6. The fourth-order valence-electron chi connectivity index (χ4n) is 7.73. The molecule has 4 aromatic carbocycles. The van der Waals surface area contributed by atoms with Gasteiger partial charge in [-0.1, -0.05) is 116 Å². The van der Waals surface area contributed by atoms with Crippen molar-refractivity contribution >= 4 is 35.2 Å². The fourth-order valence-corrected chi connectivity index (χ4v) is 8.77. The van der Waals surface area contributed by atoms with Crippen LogP contribution in [0.25, 0.3) is 55.6 Å². The van der Waals surface area contributed by atoms with Gasteiger partial charge in [-0.25, -0.2) is 0 Å². The summed E-state index contributed by atoms with van der Waals surface area (Å²) in [7, 11) is -1.23. The van der Waals surface area contributed by atoms with Gasteiger partial charge in [0.15, 0.2) is 0 Å². The number of rotatable bonds is 6. The van der Waals surface area contributed by atoms with Gasteiger partial charge in [0.2, 0.25) is 0 Å². The molecule has 3 aromatic heterocycles. The average Bonchev–Trinajstić information content (AvgIpc) is 3.50. The summed E-state index contributed by atoms with van der Waals surface area (Å²) in [6.45, 7) is 13.5. The van der Waals surface area contributed by atoms with Gasteiger partial charge in [-0.2, -0.15) is 0 Å². The third-order valence-electron chi connectivity index (χ3n) is 10.3. The molecule has 1 aliphatic carbocycles. The molecule has 1 aliphatic rings.